The largest absolute Gasteiger partial charge is 0.465 e. The second kappa shape index (κ2) is 11.4. The fourth-order valence-corrected chi connectivity index (χ4v) is 5.94. The first-order valence-corrected chi connectivity index (χ1v) is 13.4. The molecule has 2 rings (SSSR count). The van der Waals surface area contributed by atoms with Crippen LogP contribution in [0.25, 0.3) is 0 Å². The Balaban J connectivity index is 1.92. The molecule has 1 unspecified atom stereocenters. The van der Waals surface area contributed by atoms with Gasteiger partial charge < -0.3 is 14.2 Å². The van der Waals surface area contributed by atoms with E-state index in [1.54, 1.807) is 6.92 Å². The summed E-state index contributed by atoms with van der Waals surface area (Å²) in [7, 11) is 0.381. The second-order valence-corrected chi connectivity index (χ2v) is 13.4. The fourth-order valence-electron chi connectivity index (χ4n) is 3.43. The molecular weight excluding hydrogens is 411 g/mol. The summed E-state index contributed by atoms with van der Waals surface area (Å²) in [5.41, 5.74) is 2.57. The Bertz CT molecular complexity index is 848. The van der Waals surface area contributed by atoms with Crippen LogP contribution in [0.1, 0.15) is 30.5 Å². The summed E-state index contributed by atoms with van der Waals surface area (Å²) in [4.78, 5) is 23.7. The lowest BCUT2D eigenvalue weighted by molar-refractivity contribution is -0.167. The average molecular weight is 446 g/mol. The number of methoxy groups -OCH3 is 1. The van der Waals surface area contributed by atoms with Gasteiger partial charge in [-0.25, -0.2) is 0 Å². The number of ether oxygens (including phenoxy) is 3. The van der Waals surface area contributed by atoms with Gasteiger partial charge in [0.1, 0.15) is 18.6 Å². The lowest BCUT2D eigenvalue weighted by Gasteiger charge is -2.25. The van der Waals surface area contributed by atoms with Gasteiger partial charge in [0, 0.05) is 34.6 Å². The predicted molar refractivity (Wildman–Crippen MR) is 125 cm³/mol. The van der Waals surface area contributed by atoms with Crippen molar-refractivity contribution >= 4 is 19.2 Å². The Kier molecular flexibility index (Phi) is 9.21. The third-order valence-electron chi connectivity index (χ3n) is 5.01. The molecule has 0 spiro atoms. The van der Waals surface area contributed by atoms with Gasteiger partial charge in [0.2, 0.25) is 0 Å². The van der Waals surface area contributed by atoms with E-state index in [1.165, 1.54) is 25.2 Å². The number of carbonyl (C=O) groups is 2. The molecule has 2 aromatic rings. The van der Waals surface area contributed by atoms with Crippen molar-refractivity contribution in [2.75, 3.05) is 33.7 Å². The van der Waals surface area contributed by atoms with Crippen LogP contribution in [-0.2, 0) is 42.7 Å². The molecule has 168 valence electrons. The van der Waals surface area contributed by atoms with Crippen LogP contribution in [-0.4, -0.2) is 45.6 Å². The van der Waals surface area contributed by atoms with Crippen LogP contribution in [0.2, 0.25) is 0 Å². The highest BCUT2D eigenvalue weighted by Crippen LogP contribution is 2.57. The Morgan fingerprint density at radius 2 is 1.39 bits per heavy atom. The van der Waals surface area contributed by atoms with Crippen LogP contribution in [0, 0.1) is 5.41 Å². The Labute approximate surface area is 186 Å². The summed E-state index contributed by atoms with van der Waals surface area (Å²) in [6, 6.07) is 18.9. The molecule has 0 heterocycles. The number of hydrogen-bond acceptors (Lipinski definition) is 5. The molecule has 2 aromatic carbocycles. The van der Waals surface area contributed by atoms with E-state index in [9.17, 15) is 9.59 Å². The Hall–Kier alpha value is -2.23. The van der Waals surface area contributed by atoms with Gasteiger partial charge >= 0.3 is 11.9 Å². The molecular formula is C25H34O5P+. The lowest BCUT2D eigenvalue weighted by atomic mass is 9.93. The SMILES string of the molecule is COCC(C)(COC(C)=O)C(=O)OCc1ccc(C[P+](C)(C)Cc2ccccc2)cc1. The third-order valence-corrected chi connectivity index (χ3v) is 7.45. The van der Waals surface area contributed by atoms with Gasteiger partial charge in [0.15, 0.2) is 0 Å². The van der Waals surface area contributed by atoms with Crippen molar-refractivity contribution in [3.63, 3.8) is 0 Å². The molecule has 0 amide bonds. The molecule has 0 aromatic heterocycles. The van der Waals surface area contributed by atoms with Crippen molar-refractivity contribution in [3.05, 3.63) is 71.3 Å². The molecule has 0 N–H and O–H groups in total. The average Bonchev–Trinajstić information content (AvgIpc) is 2.72. The van der Waals surface area contributed by atoms with Crippen molar-refractivity contribution in [1.29, 1.82) is 0 Å². The molecule has 5 nitrogen and oxygen atoms in total. The summed E-state index contributed by atoms with van der Waals surface area (Å²) in [6.45, 7) is 7.95. The molecule has 0 bridgehead atoms. The monoisotopic (exact) mass is 445 g/mol. The smallest absolute Gasteiger partial charge is 0.317 e. The maximum atomic E-state index is 12.6. The van der Waals surface area contributed by atoms with Crippen molar-refractivity contribution in [2.24, 2.45) is 5.41 Å². The van der Waals surface area contributed by atoms with E-state index in [-0.39, 0.29) is 19.8 Å². The minimum atomic E-state index is -1.12. The zero-order valence-corrected chi connectivity index (χ0v) is 20.1. The van der Waals surface area contributed by atoms with Gasteiger partial charge in [-0.15, -0.1) is 0 Å². The zero-order chi connectivity index (χ0) is 22.9. The highest BCUT2D eigenvalue weighted by atomic mass is 31.2. The second-order valence-electron chi connectivity index (χ2n) is 8.90. The van der Waals surface area contributed by atoms with E-state index in [4.69, 9.17) is 14.2 Å². The summed E-state index contributed by atoms with van der Waals surface area (Å²) < 4.78 is 15.6. The first-order chi connectivity index (χ1) is 14.6. The van der Waals surface area contributed by atoms with Crippen molar-refractivity contribution in [3.8, 4) is 0 Å². The van der Waals surface area contributed by atoms with Gasteiger partial charge in [-0.05, 0) is 23.6 Å². The van der Waals surface area contributed by atoms with Crippen LogP contribution in [0.3, 0.4) is 0 Å². The highest BCUT2D eigenvalue weighted by Gasteiger charge is 2.36. The lowest BCUT2D eigenvalue weighted by Crippen LogP contribution is -2.39. The van der Waals surface area contributed by atoms with Crippen LogP contribution in [0.4, 0.5) is 0 Å². The Morgan fingerprint density at radius 1 is 0.839 bits per heavy atom. The maximum Gasteiger partial charge on any atom is 0.317 e. The topological polar surface area (TPSA) is 61.8 Å². The van der Waals surface area contributed by atoms with Gasteiger partial charge in [-0.3, -0.25) is 9.59 Å². The molecule has 6 heteroatoms. The summed E-state index contributed by atoms with van der Waals surface area (Å²) >= 11 is 0. The standard InChI is InChI=1S/C25H34O5P/c1-20(26)30-19-25(2,18-28-3)24(27)29-15-21-11-13-23(14-12-21)17-31(4,5)16-22-9-7-6-8-10-22/h6-14H,15-19H2,1-5H3/q+1. The molecule has 0 aliphatic rings. The minimum Gasteiger partial charge on any atom is -0.465 e. The van der Waals surface area contributed by atoms with Crippen LogP contribution in [0.5, 0.6) is 0 Å². The molecule has 0 aliphatic carbocycles. The van der Waals surface area contributed by atoms with Crippen molar-refractivity contribution in [1.82, 2.24) is 0 Å². The van der Waals surface area contributed by atoms with Crippen LogP contribution in [0.15, 0.2) is 54.6 Å². The molecule has 0 saturated heterocycles. The van der Waals surface area contributed by atoms with Crippen LogP contribution >= 0.6 is 7.26 Å². The number of rotatable bonds is 11. The van der Waals surface area contributed by atoms with E-state index < -0.39 is 24.6 Å². The Morgan fingerprint density at radius 3 is 1.94 bits per heavy atom. The minimum absolute atomic E-state index is 0.0753. The van der Waals surface area contributed by atoms with Gasteiger partial charge in [0.05, 0.1) is 18.9 Å². The summed E-state index contributed by atoms with van der Waals surface area (Å²) in [6.07, 6.45) is 2.18. The third kappa shape index (κ3) is 8.43. The molecule has 1 atom stereocenters. The van der Waals surface area contributed by atoms with Crippen molar-refractivity contribution < 1.29 is 23.8 Å². The van der Waals surface area contributed by atoms with E-state index in [0.29, 0.717) is 0 Å². The normalized spacial score (nSPS) is 13.3. The van der Waals surface area contributed by atoms with E-state index >= 15 is 0 Å². The summed E-state index contributed by atoms with van der Waals surface area (Å²) in [5, 5.41) is 0. The number of carbonyl (C=O) groups excluding carboxylic acids is 2. The van der Waals surface area contributed by atoms with Gasteiger partial charge in [-0.2, -0.15) is 0 Å². The molecule has 31 heavy (non-hydrogen) atoms. The van der Waals surface area contributed by atoms with E-state index in [1.807, 2.05) is 12.1 Å². The van der Waals surface area contributed by atoms with Gasteiger partial charge in [-0.1, -0.05) is 54.6 Å². The number of esters is 2. The maximum absolute atomic E-state index is 12.6. The summed E-state index contributed by atoms with van der Waals surface area (Å²) in [5.74, 6) is -0.890. The first-order valence-electron chi connectivity index (χ1n) is 10.4. The highest BCUT2D eigenvalue weighted by molar-refractivity contribution is 7.72. The van der Waals surface area contributed by atoms with Crippen LogP contribution < -0.4 is 0 Å². The van der Waals surface area contributed by atoms with E-state index in [0.717, 1.165) is 17.9 Å². The fraction of sp³-hybridized carbons (Fsp3) is 0.440. The molecule has 0 fully saturated rings. The number of benzene rings is 2. The van der Waals surface area contributed by atoms with Crippen molar-refractivity contribution in [2.45, 2.75) is 32.8 Å². The first kappa shape index (κ1) is 25.0. The molecule has 0 aliphatic heterocycles. The van der Waals surface area contributed by atoms with E-state index in [2.05, 4.69) is 55.8 Å². The molecule has 0 saturated carbocycles. The number of hydrogen-bond donors (Lipinski definition) is 0. The zero-order valence-electron chi connectivity index (χ0n) is 19.2. The predicted octanol–water partition coefficient (Wildman–Crippen LogP) is 4.92. The molecule has 0 radical (unpaired) electrons. The quantitative estimate of drug-likeness (QED) is 0.363. The van der Waals surface area contributed by atoms with Gasteiger partial charge in [0.25, 0.3) is 0 Å².